The van der Waals surface area contributed by atoms with Crippen molar-refractivity contribution in [2.75, 3.05) is 42.1 Å². The molecule has 2 saturated heterocycles. The molecule has 2 aromatic heterocycles. The summed E-state index contributed by atoms with van der Waals surface area (Å²) in [6.45, 7) is 13.2. The molecule has 4 heterocycles. The number of aliphatic hydroxyl groups excluding tert-OH is 1. The van der Waals surface area contributed by atoms with Gasteiger partial charge in [-0.3, -0.25) is 24.0 Å². The number of β-amino-alcohol motifs (C(OH)–C–C–N with tert-alkyl or cyclic N) is 1. The second-order valence-corrected chi connectivity index (χ2v) is 21.3. The minimum absolute atomic E-state index is 0.0324. The van der Waals surface area contributed by atoms with E-state index in [-0.39, 0.29) is 73.9 Å². The fourth-order valence-electron chi connectivity index (χ4n) is 8.07. The predicted molar refractivity (Wildman–Crippen MR) is 267 cm³/mol. The van der Waals surface area contributed by atoms with Crippen LogP contribution < -0.4 is 37.6 Å². The summed E-state index contributed by atoms with van der Waals surface area (Å²) in [7, 11) is 0. The molecule has 9 N–H and O–H groups in total. The molecule has 6 rings (SSSR count). The van der Waals surface area contributed by atoms with Crippen molar-refractivity contribution in [3.8, 4) is 10.4 Å². The van der Waals surface area contributed by atoms with Crippen LogP contribution in [0.2, 0.25) is 5.02 Å². The van der Waals surface area contributed by atoms with Crippen molar-refractivity contribution in [2.24, 2.45) is 11.1 Å². The van der Waals surface area contributed by atoms with Gasteiger partial charge in [0.25, 0.3) is 0 Å². The fraction of sp³-hybridized carbons (Fsp3) is 0.500. The van der Waals surface area contributed by atoms with Crippen LogP contribution in [0.5, 0.6) is 0 Å². The van der Waals surface area contributed by atoms with Crippen LogP contribution >= 0.6 is 34.7 Å². The molecule has 4 aromatic rings. The highest BCUT2D eigenvalue weighted by Crippen LogP contribution is 2.39. The zero-order valence-electron chi connectivity index (χ0n) is 39.6. The number of thiazole rings is 1. The number of nitrogens with one attached hydrogen (secondary N) is 4. The molecule has 4 atom stereocenters. The van der Waals surface area contributed by atoms with Crippen molar-refractivity contribution in [3.63, 3.8) is 0 Å². The lowest BCUT2D eigenvalue weighted by molar-refractivity contribution is -0.144. The molecule has 2 fully saturated rings. The number of unbranched alkanes of at least 4 members (excludes halogenated alkanes) is 1. The molecule has 0 saturated carbocycles. The van der Waals surface area contributed by atoms with E-state index in [0.717, 1.165) is 47.6 Å². The first-order chi connectivity index (χ1) is 32.2. The Morgan fingerprint density at radius 3 is 2.35 bits per heavy atom. The largest absolute Gasteiger partial charge is 0.391 e. The van der Waals surface area contributed by atoms with Crippen molar-refractivity contribution in [1.29, 1.82) is 0 Å². The smallest absolute Gasteiger partial charge is 0.246 e. The minimum atomic E-state index is -0.961. The van der Waals surface area contributed by atoms with E-state index in [2.05, 4.69) is 41.1 Å². The third-order valence-electron chi connectivity index (χ3n) is 12.2. The molecule has 2 aliphatic heterocycles. The van der Waals surface area contributed by atoms with Gasteiger partial charge in [0, 0.05) is 62.3 Å². The molecule has 68 heavy (non-hydrogen) atoms. The number of benzene rings is 2. The number of hydrogen-bond acceptors (Lipinski definition) is 14. The maximum atomic E-state index is 14.1. The van der Waals surface area contributed by atoms with E-state index in [0.29, 0.717) is 39.3 Å². The van der Waals surface area contributed by atoms with E-state index in [1.807, 2.05) is 71.3 Å². The Balaban J connectivity index is 0.907. The standard InChI is InChI=1S/C48H64ClN11O6S2/c1-28(30-13-15-31(16-14-30)41-29(2)54-27-67-41)55-44(65)34-24-32(61)26-60(34)46(66)42(47(3,4)5)58-38(63)12-7-8-21-52-37(62)17-18-39(64)56-33-10-9-11-35(40(33)49)68-45-43(50)57-36(25-53-45)59-22-19-48(6,51)20-23-59/h9-11,13-16,25,27-28,32,34,42,61H,7-8,12,17-24,26,51H2,1-6H3,(H2,50,57)(H,52,62)(H,55,65)(H,56,64)(H,58,63)/t28-,32+,34-,42+/m0/s1. The second-order valence-electron chi connectivity index (χ2n) is 19.0. The number of carbonyl (C=O) groups is 5. The molecule has 20 heteroatoms. The Kier molecular flexibility index (Phi) is 17.5. The Labute approximate surface area is 411 Å². The molecule has 0 aliphatic carbocycles. The topological polar surface area (TPSA) is 251 Å². The number of nitrogens with zero attached hydrogens (tertiary/aromatic N) is 5. The van der Waals surface area contributed by atoms with E-state index < -0.39 is 35.4 Å². The molecule has 5 amide bonds. The number of aryl methyl sites for hydroxylation is 1. The first kappa shape index (κ1) is 52.0. The lowest BCUT2D eigenvalue weighted by Gasteiger charge is -2.37. The number of anilines is 3. The summed E-state index contributed by atoms with van der Waals surface area (Å²) in [5.74, 6) is -0.942. The third kappa shape index (κ3) is 13.9. The summed E-state index contributed by atoms with van der Waals surface area (Å²) in [5, 5.41) is 22.9. The van der Waals surface area contributed by atoms with Crippen molar-refractivity contribution in [1.82, 2.24) is 35.8 Å². The van der Waals surface area contributed by atoms with Crippen LogP contribution in [0.3, 0.4) is 0 Å². The molecule has 0 unspecified atom stereocenters. The number of nitrogens with two attached hydrogens (primary N) is 2. The maximum absolute atomic E-state index is 14.1. The number of carbonyl (C=O) groups excluding carboxylic acids is 5. The zero-order valence-corrected chi connectivity index (χ0v) is 42.0. The summed E-state index contributed by atoms with van der Waals surface area (Å²) in [5.41, 5.74) is 16.7. The summed E-state index contributed by atoms with van der Waals surface area (Å²) >= 11 is 9.49. The lowest BCUT2D eigenvalue weighted by atomic mass is 9.85. The number of rotatable bonds is 18. The van der Waals surface area contributed by atoms with Crippen LogP contribution in [0.15, 0.2) is 64.1 Å². The predicted octanol–water partition coefficient (Wildman–Crippen LogP) is 5.99. The quantitative estimate of drug-likeness (QED) is 0.0567. The van der Waals surface area contributed by atoms with Crippen molar-refractivity contribution in [2.45, 2.75) is 133 Å². The Morgan fingerprint density at radius 1 is 0.985 bits per heavy atom. The van der Waals surface area contributed by atoms with Crippen molar-refractivity contribution in [3.05, 3.63) is 70.5 Å². The molecule has 2 aliphatic rings. The van der Waals surface area contributed by atoms with Gasteiger partial charge in [-0.1, -0.05) is 74.5 Å². The normalized spacial score (nSPS) is 17.8. The van der Waals surface area contributed by atoms with Gasteiger partial charge in [-0.05, 0) is 75.1 Å². The fourth-order valence-corrected chi connectivity index (χ4v) is 9.98. The number of aliphatic hydroxyl groups is 1. The van der Waals surface area contributed by atoms with Gasteiger partial charge in [0.1, 0.15) is 22.9 Å². The van der Waals surface area contributed by atoms with Gasteiger partial charge < -0.3 is 47.6 Å². The van der Waals surface area contributed by atoms with Crippen molar-refractivity contribution >= 4 is 81.6 Å². The van der Waals surface area contributed by atoms with E-state index in [1.165, 1.54) is 16.7 Å². The molecular formula is C48H64ClN11O6S2. The first-order valence-corrected chi connectivity index (χ1v) is 25.0. The van der Waals surface area contributed by atoms with E-state index in [4.69, 9.17) is 23.1 Å². The van der Waals surface area contributed by atoms with Gasteiger partial charge in [0.05, 0.1) is 45.1 Å². The number of piperidine rings is 1. The van der Waals surface area contributed by atoms with Gasteiger partial charge in [-0.2, -0.15) is 0 Å². The maximum Gasteiger partial charge on any atom is 0.246 e. The number of nitrogen functional groups attached to an aromatic ring is 1. The average Bonchev–Trinajstić information content (AvgIpc) is 3.91. The molecule has 0 radical (unpaired) electrons. The molecule has 2 aromatic carbocycles. The highest BCUT2D eigenvalue weighted by atomic mass is 35.5. The lowest BCUT2D eigenvalue weighted by Crippen LogP contribution is -2.57. The van der Waals surface area contributed by atoms with Crippen LogP contribution in [0, 0.1) is 12.3 Å². The molecule has 366 valence electrons. The van der Waals surface area contributed by atoms with Crippen LogP contribution in [0.1, 0.15) is 103 Å². The molecule has 0 spiro atoms. The summed E-state index contributed by atoms with van der Waals surface area (Å²) in [4.78, 5) is 85.0. The summed E-state index contributed by atoms with van der Waals surface area (Å²) in [6.07, 6.45) is 3.41. The zero-order chi connectivity index (χ0) is 49.3. The van der Waals surface area contributed by atoms with Gasteiger partial charge in [-0.25, -0.2) is 15.0 Å². The molecular weight excluding hydrogens is 926 g/mol. The second kappa shape index (κ2) is 22.8. The van der Waals surface area contributed by atoms with Crippen LogP contribution in [-0.2, 0) is 24.0 Å². The van der Waals surface area contributed by atoms with Gasteiger partial charge >= 0.3 is 0 Å². The molecule has 0 bridgehead atoms. The van der Waals surface area contributed by atoms with Gasteiger partial charge in [-0.15, -0.1) is 11.3 Å². The number of aromatic nitrogens is 3. The molecule has 17 nitrogen and oxygen atoms in total. The highest BCUT2D eigenvalue weighted by Gasteiger charge is 2.44. The highest BCUT2D eigenvalue weighted by molar-refractivity contribution is 7.99. The monoisotopic (exact) mass is 989 g/mol. The number of likely N-dealkylation sites (tertiary alicyclic amines) is 1. The number of halogens is 1. The van der Waals surface area contributed by atoms with E-state index >= 15 is 0 Å². The van der Waals surface area contributed by atoms with Crippen LogP contribution in [-0.4, -0.2) is 104 Å². The Bertz CT molecular complexity index is 2440. The summed E-state index contributed by atoms with van der Waals surface area (Å²) in [6, 6.07) is 10.9. The average molecular weight is 991 g/mol. The van der Waals surface area contributed by atoms with Gasteiger partial charge in [0.15, 0.2) is 5.82 Å². The Morgan fingerprint density at radius 2 is 1.69 bits per heavy atom. The summed E-state index contributed by atoms with van der Waals surface area (Å²) < 4.78 is 0. The number of hydrogen-bond donors (Lipinski definition) is 7. The van der Waals surface area contributed by atoms with Crippen LogP contribution in [0.25, 0.3) is 10.4 Å². The van der Waals surface area contributed by atoms with Gasteiger partial charge in [0.2, 0.25) is 29.5 Å². The first-order valence-electron chi connectivity index (χ1n) is 23.0. The van der Waals surface area contributed by atoms with E-state index in [1.54, 1.807) is 35.7 Å². The third-order valence-corrected chi connectivity index (χ3v) is 14.8. The number of amides is 5. The van der Waals surface area contributed by atoms with Crippen LogP contribution in [0.4, 0.5) is 17.3 Å². The minimum Gasteiger partial charge on any atom is -0.391 e. The van der Waals surface area contributed by atoms with Crippen molar-refractivity contribution < 1.29 is 29.1 Å². The van der Waals surface area contributed by atoms with E-state index in [9.17, 15) is 29.1 Å². The SMILES string of the molecule is Cc1ncsc1-c1ccc([C@H](C)NC(=O)[C@@H]2C[C@@H](O)CN2C(=O)[C@@H](NC(=O)CCCCNC(=O)CCC(=O)Nc2cccc(Sc3ncc(N4CCC(C)(N)CC4)nc3N)c2Cl)C(C)(C)C)cc1. The Hall–Kier alpha value is -5.34.